The van der Waals surface area contributed by atoms with Gasteiger partial charge in [0, 0.05) is 5.39 Å². The molecule has 0 aliphatic carbocycles. The second-order valence-electron chi connectivity index (χ2n) is 2.86. The molecule has 68 valence electrons. The first-order valence-corrected chi connectivity index (χ1v) is 4.57. The molecule has 2 nitrogen and oxygen atoms in total. The fraction of sp³-hybridized carbons (Fsp3) is 0.200. The Morgan fingerprint density at radius 1 is 1.38 bits per heavy atom. The second kappa shape index (κ2) is 3.40. The van der Waals surface area contributed by atoms with Crippen molar-refractivity contribution in [2.24, 2.45) is 0 Å². The van der Waals surface area contributed by atoms with Crippen molar-refractivity contribution in [1.82, 2.24) is 0 Å². The SMILES string of the molecule is O[C@H](CCl)c1cc2ccccc2o1. The Balaban J connectivity index is 2.49. The summed E-state index contributed by atoms with van der Waals surface area (Å²) in [4.78, 5) is 0. The Bertz CT molecular complexity index is 375. The van der Waals surface area contributed by atoms with Crippen LogP contribution in [-0.4, -0.2) is 11.0 Å². The number of furan rings is 1. The fourth-order valence-electron chi connectivity index (χ4n) is 1.24. The number of rotatable bonds is 2. The third-order valence-corrected chi connectivity index (χ3v) is 2.21. The normalized spacial score (nSPS) is 13.4. The number of hydrogen-bond donors (Lipinski definition) is 1. The van der Waals surface area contributed by atoms with Crippen molar-refractivity contribution in [2.75, 3.05) is 5.88 Å². The molecule has 0 spiro atoms. The van der Waals surface area contributed by atoms with Crippen LogP contribution in [0, 0.1) is 0 Å². The van der Waals surface area contributed by atoms with Crippen LogP contribution in [-0.2, 0) is 0 Å². The van der Waals surface area contributed by atoms with Gasteiger partial charge in [-0.25, -0.2) is 0 Å². The molecule has 1 heterocycles. The number of halogens is 1. The van der Waals surface area contributed by atoms with Crippen LogP contribution in [0.1, 0.15) is 11.9 Å². The summed E-state index contributed by atoms with van der Waals surface area (Å²) in [6, 6.07) is 9.42. The van der Waals surface area contributed by atoms with E-state index in [-0.39, 0.29) is 5.88 Å². The highest BCUT2D eigenvalue weighted by Crippen LogP contribution is 2.23. The molecule has 0 aliphatic rings. The Hall–Kier alpha value is -0.990. The summed E-state index contributed by atoms with van der Waals surface area (Å²) in [5.74, 6) is 0.677. The average Bonchev–Trinajstić information content (AvgIpc) is 2.59. The Kier molecular flexibility index (Phi) is 2.25. The van der Waals surface area contributed by atoms with E-state index in [1.165, 1.54) is 0 Å². The Morgan fingerprint density at radius 3 is 2.85 bits per heavy atom. The minimum atomic E-state index is -0.714. The van der Waals surface area contributed by atoms with Crippen LogP contribution >= 0.6 is 11.6 Å². The van der Waals surface area contributed by atoms with Gasteiger partial charge in [-0.05, 0) is 12.1 Å². The molecule has 0 fully saturated rings. The van der Waals surface area contributed by atoms with Gasteiger partial charge in [0.05, 0.1) is 5.88 Å². The highest BCUT2D eigenvalue weighted by atomic mass is 35.5. The molecule has 0 bridgehead atoms. The molecule has 1 aromatic heterocycles. The van der Waals surface area contributed by atoms with E-state index < -0.39 is 6.10 Å². The highest BCUT2D eigenvalue weighted by Gasteiger charge is 2.11. The van der Waals surface area contributed by atoms with Crippen molar-refractivity contribution in [1.29, 1.82) is 0 Å². The molecule has 1 atom stereocenters. The van der Waals surface area contributed by atoms with Gasteiger partial charge < -0.3 is 9.52 Å². The molecule has 2 rings (SSSR count). The van der Waals surface area contributed by atoms with Crippen molar-refractivity contribution in [3.63, 3.8) is 0 Å². The van der Waals surface area contributed by atoms with Crippen molar-refractivity contribution in [2.45, 2.75) is 6.10 Å². The topological polar surface area (TPSA) is 33.4 Å². The van der Waals surface area contributed by atoms with E-state index in [2.05, 4.69) is 0 Å². The Morgan fingerprint density at radius 2 is 2.15 bits per heavy atom. The maximum atomic E-state index is 9.40. The number of hydrogen-bond acceptors (Lipinski definition) is 2. The third-order valence-electron chi connectivity index (χ3n) is 1.92. The molecule has 3 heteroatoms. The van der Waals surface area contributed by atoms with Crippen molar-refractivity contribution in [3.8, 4) is 0 Å². The van der Waals surface area contributed by atoms with E-state index in [0.717, 1.165) is 11.0 Å². The third kappa shape index (κ3) is 1.55. The first-order chi connectivity index (χ1) is 6.31. The summed E-state index contributed by atoms with van der Waals surface area (Å²) in [6.45, 7) is 0. The average molecular weight is 197 g/mol. The molecular weight excluding hydrogens is 188 g/mol. The number of benzene rings is 1. The molecule has 0 radical (unpaired) electrons. The zero-order valence-corrected chi connectivity index (χ0v) is 7.66. The zero-order valence-electron chi connectivity index (χ0n) is 6.90. The van der Waals surface area contributed by atoms with E-state index in [1.807, 2.05) is 30.3 Å². The van der Waals surface area contributed by atoms with E-state index in [1.54, 1.807) is 0 Å². The van der Waals surface area contributed by atoms with Gasteiger partial charge in [-0.15, -0.1) is 11.6 Å². The molecule has 0 amide bonds. The summed E-state index contributed by atoms with van der Waals surface area (Å²) in [5.41, 5.74) is 0.779. The molecular formula is C10H9ClO2. The molecule has 0 saturated heterocycles. The van der Waals surface area contributed by atoms with Crippen LogP contribution in [0.3, 0.4) is 0 Å². The smallest absolute Gasteiger partial charge is 0.135 e. The predicted octanol–water partition coefficient (Wildman–Crippen LogP) is 2.71. The second-order valence-corrected chi connectivity index (χ2v) is 3.17. The van der Waals surface area contributed by atoms with Gasteiger partial charge in [0.25, 0.3) is 0 Å². The largest absolute Gasteiger partial charge is 0.458 e. The van der Waals surface area contributed by atoms with E-state index in [4.69, 9.17) is 16.0 Å². The number of fused-ring (bicyclic) bond motifs is 1. The molecule has 0 unspecified atom stereocenters. The summed E-state index contributed by atoms with van der Waals surface area (Å²) in [6.07, 6.45) is -0.714. The zero-order chi connectivity index (χ0) is 9.26. The van der Waals surface area contributed by atoms with Crippen LogP contribution in [0.25, 0.3) is 11.0 Å². The highest BCUT2D eigenvalue weighted by molar-refractivity contribution is 6.18. The van der Waals surface area contributed by atoms with Gasteiger partial charge in [0.15, 0.2) is 0 Å². The monoisotopic (exact) mass is 196 g/mol. The van der Waals surface area contributed by atoms with Crippen LogP contribution in [0.2, 0.25) is 0 Å². The van der Waals surface area contributed by atoms with Crippen LogP contribution in [0.15, 0.2) is 34.7 Å². The molecule has 1 N–H and O–H groups in total. The summed E-state index contributed by atoms with van der Waals surface area (Å²) in [5, 5.41) is 10.4. The van der Waals surface area contributed by atoms with Crippen LogP contribution in [0.5, 0.6) is 0 Å². The van der Waals surface area contributed by atoms with E-state index in [0.29, 0.717) is 5.76 Å². The molecule has 0 saturated carbocycles. The van der Waals surface area contributed by atoms with Crippen molar-refractivity contribution < 1.29 is 9.52 Å². The number of aliphatic hydroxyl groups is 1. The van der Waals surface area contributed by atoms with Gasteiger partial charge in [0.2, 0.25) is 0 Å². The predicted molar refractivity (Wildman–Crippen MR) is 51.9 cm³/mol. The number of aliphatic hydroxyl groups excluding tert-OH is 1. The van der Waals surface area contributed by atoms with Gasteiger partial charge in [-0.2, -0.15) is 0 Å². The van der Waals surface area contributed by atoms with Crippen molar-refractivity contribution >= 4 is 22.6 Å². The van der Waals surface area contributed by atoms with Crippen LogP contribution in [0.4, 0.5) is 0 Å². The lowest BCUT2D eigenvalue weighted by atomic mass is 10.2. The summed E-state index contributed by atoms with van der Waals surface area (Å²) in [7, 11) is 0. The number of alkyl halides is 1. The molecule has 0 aliphatic heterocycles. The fourth-order valence-corrected chi connectivity index (χ4v) is 1.39. The van der Waals surface area contributed by atoms with Gasteiger partial charge in [-0.1, -0.05) is 18.2 Å². The van der Waals surface area contributed by atoms with Gasteiger partial charge in [0.1, 0.15) is 17.4 Å². The molecule has 1 aromatic carbocycles. The summed E-state index contributed by atoms with van der Waals surface area (Å²) >= 11 is 5.50. The number of para-hydroxylation sites is 1. The minimum Gasteiger partial charge on any atom is -0.458 e. The standard InChI is InChI=1S/C10H9ClO2/c11-6-8(12)10-5-7-3-1-2-4-9(7)13-10/h1-5,8,12H,6H2/t8-/m1/s1. The lowest BCUT2D eigenvalue weighted by molar-refractivity contribution is 0.175. The van der Waals surface area contributed by atoms with Crippen molar-refractivity contribution in [3.05, 3.63) is 36.1 Å². The quantitative estimate of drug-likeness (QED) is 0.750. The lowest BCUT2D eigenvalue weighted by Crippen LogP contribution is -1.95. The van der Waals surface area contributed by atoms with Gasteiger partial charge >= 0.3 is 0 Å². The molecule has 2 aromatic rings. The lowest BCUT2D eigenvalue weighted by Gasteiger charge is -1.99. The Labute approximate surface area is 80.7 Å². The first kappa shape index (κ1) is 8.60. The maximum Gasteiger partial charge on any atom is 0.135 e. The van der Waals surface area contributed by atoms with Crippen LogP contribution < -0.4 is 0 Å². The van der Waals surface area contributed by atoms with E-state index in [9.17, 15) is 5.11 Å². The minimum absolute atomic E-state index is 0.153. The summed E-state index contributed by atoms with van der Waals surface area (Å²) < 4.78 is 5.39. The maximum absolute atomic E-state index is 9.40. The molecule has 13 heavy (non-hydrogen) atoms. The van der Waals surface area contributed by atoms with Gasteiger partial charge in [-0.3, -0.25) is 0 Å². The first-order valence-electron chi connectivity index (χ1n) is 4.04. The van der Waals surface area contributed by atoms with E-state index >= 15 is 0 Å².